The van der Waals surface area contributed by atoms with Crippen molar-refractivity contribution in [1.29, 1.82) is 0 Å². The van der Waals surface area contributed by atoms with Crippen LogP contribution in [0.25, 0.3) is 0 Å². The first-order valence-electron chi connectivity index (χ1n) is 4.45. The largest absolute Gasteiger partial charge is 0.257 e. The quantitative estimate of drug-likeness (QED) is 0.856. The minimum Gasteiger partial charge on any atom is -0.257 e. The molecule has 0 fully saturated rings. The van der Waals surface area contributed by atoms with Crippen LogP contribution in [-0.4, -0.2) is 25.7 Å². The molecule has 0 N–H and O–H groups in total. The zero-order valence-electron chi connectivity index (χ0n) is 8.81. The van der Waals surface area contributed by atoms with E-state index in [0.717, 1.165) is 4.47 Å². The van der Waals surface area contributed by atoms with Crippen molar-refractivity contribution in [2.24, 2.45) is 0 Å². The van der Waals surface area contributed by atoms with Crippen LogP contribution < -0.4 is 4.31 Å². The van der Waals surface area contributed by atoms with E-state index in [1.165, 1.54) is 11.4 Å². The molecule has 0 aromatic carbocycles. The summed E-state index contributed by atoms with van der Waals surface area (Å²) in [5.74, 6) is 0.423. The van der Waals surface area contributed by atoms with Gasteiger partial charge in [0.2, 0.25) is 10.0 Å². The number of hydrogen-bond donors (Lipinski definition) is 0. The van der Waals surface area contributed by atoms with Gasteiger partial charge in [0.05, 0.1) is 5.25 Å². The van der Waals surface area contributed by atoms with Crippen LogP contribution in [0.2, 0.25) is 0 Å². The second-order valence-corrected chi connectivity index (χ2v) is 6.83. The zero-order chi connectivity index (χ0) is 11.6. The highest BCUT2D eigenvalue weighted by molar-refractivity contribution is 9.10. The molecule has 0 amide bonds. The monoisotopic (exact) mass is 292 g/mol. The SMILES string of the molecule is CC(C)S(=O)(=O)N(C)c1ccc(Br)cn1. The van der Waals surface area contributed by atoms with Crippen molar-refractivity contribution >= 4 is 31.8 Å². The fourth-order valence-electron chi connectivity index (χ4n) is 1.00. The van der Waals surface area contributed by atoms with Crippen molar-refractivity contribution in [2.75, 3.05) is 11.4 Å². The summed E-state index contributed by atoms with van der Waals surface area (Å²) in [6.45, 7) is 3.29. The van der Waals surface area contributed by atoms with Gasteiger partial charge < -0.3 is 0 Å². The molecule has 0 aliphatic carbocycles. The summed E-state index contributed by atoms with van der Waals surface area (Å²) >= 11 is 3.24. The highest BCUT2D eigenvalue weighted by atomic mass is 79.9. The van der Waals surface area contributed by atoms with E-state index in [4.69, 9.17) is 0 Å². The van der Waals surface area contributed by atoms with E-state index < -0.39 is 15.3 Å². The average Bonchev–Trinajstić information content (AvgIpc) is 2.17. The molecule has 84 valence electrons. The first kappa shape index (κ1) is 12.4. The third-order valence-electron chi connectivity index (χ3n) is 2.01. The van der Waals surface area contributed by atoms with Gasteiger partial charge in [-0.2, -0.15) is 0 Å². The van der Waals surface area contributed by atoms with Crippen LogP contribution in [0, 0.1) is 0 Å². The number of nitrogens with zero attached hydrogens (tertiary/aromatic N) is 2. The van der Waals surface area contributed by atoms with Gasteiger partial charge in [0.15, 0.2) is 0 Å². The number of anilines is 1. The van der Waals surface area contributed by atoms with Gasteiger partial charge in [-0.3, -0.25) is 4.31 Å². The van der Waals surface area contributed by atoms with Crippen LogP contribution in [0.15, 0.2) is 22.8 Å². The van der Waals surface area contributed by atoms with E-state index in [9.17, 15) is 8.42 Å². The Morgan fingerprint density at radius 2 is 2.00 bits per heavy atom. The molecule has 15 heavy (non-hydrogen) atoms. The predicted molar refractivity (Wildman–Crippen MR) is 64.4 cm³/mol. The van der Waals surface area contributed by atoms with Crippen molar-refractivity contribution < 1.29 is 8.42 Å². The van der Waals surface area contributed by atoms with Gasteiger partial charge in [-0.1, -0.05) is 0 Å². The number of rotatable bonds is 3. The van der Waals surface area contributed by atoms with Crippen molar-refractivity contribution in [3.63, 3.8) is 0 Å². The van der Waals surface area contributed by atoms with E-state index >= 15 is 0 Å². The molecule has 0 aliphatic rings. The zero-order valence-corrected chi connectivity index (χ0v) is 11.2. The number of pyridine rings is 1. The maximum atomic E-state index is 11.8. The highest BCUT2D eigenvalue weighted by Crippen LogP contribution is 2.18. The number of aromatic nitrogens is 1. The van der Waals surface area contributed by atoms with Gasteiger partial charge in [-0.25, -0.2) is 13.4 Å². The Morgan fingerprint density at radius 3 is 2.40 bits per heavy atom. The number of halogens is 1. The highest BCUT2D eigenvalue weighted by Gasteiger charge is 2.23. The lowest BCUT2D eigenvalue weighted by Gasteiger charge is -2.20. The summed E-state index contributed by atoms with van der Waals surface area (Å²) in [4.78, 5) is 4.03. The summed E-state index contributed by atoms with van der Waals surface area (Å²) in [6, 6.07) is 3.42. The summed E-state index contributed by atoms with van der Waals surface area (Å²) in [6.07, 6.45) is 1.57. The van der Waals surface area contributed by atoms with Gasteiger partial charge in [-0.05, 0) is 41.9 Å². The van der Waals surface area contributed by atoms with Crippen molar-refractivity contribution in [1.82, 2.24) is 4.98 Å². The van der Waals surface area contributed by atoms with Crippen molar-refractivity contribution in [2.45, 2.75) is 19.1 Å². The molecular weight excluding hydrogens is 280 g/mol. The first-order chi connectivity index (χ1) is 6.85. The lowest BCUT2D eigenvalue weighted by molar-refractivity contribution is 0.585. The van der Waals surface area contributed by atoms with Crippen LogP contribution in [-0.2, 0) is 10.0 Å². The molecule has 0 bridgehead atoms. The molecule has 1 rings (SSSR count). The molecule has 4 nitrogen and oxygen atoms in total. The lowest BCUT2D eigenvalue weighted by atomic mass is 10.5. The Kier molecular flexibility index (Phi) is 3.72. The predicted octanol–water partition coefficient (Wildman–Crippen LogP) is 2.02. The first-order valence-corrected chi connectivity index (χ1v) is 6.74. The summed E-state index contributed by atoms with van der Waals surface area (Å²) in [7, 11) is -1.78. The van der Waals surface area contributed by atoms with Crippen LogP contribution in [0.1, 0.15) is 13.8 Å². The molecule has 0 unspecified atom stereocenters. The van der Waals surface area contributed by atoms with Crippen LogP contribution in [0.5, 0.6) is 0 Å². The third-order valence-corrected chi connectivity index (χ3v) is 4.62. The van der Waals surface area contributed by atoms with Gasteiger partial charge in [0.1, 0.15) is 5.82 Å². The van der Waals surface area contributed by atoms with Crippen molar-refractivity contribution in [3.8, 4) is 0 Å². The third kappa shape index (κ3) is 2.69. The number of sulfonamides is 1. The van der Waals surface area contributed by atoms with Gasteiger partial charge in [-0.15, -0.1) is 0 Å². The molecule has 1 aromatic rings. The molecule has 0 saturated carbocycles. The normalized spacial score (nSPS) is 11.8. The van der Waals surface area contributed by atoms with Crippen LogP contribution >= 0.6 is 15.9 Å². The second-order valence-electron chi connectivity index (χ2n) is 3.40. The fraction of sp³-hybridized carbons (Fsp3) is 0.444. The van der Waals surface area contributed by atoms with Gasteiger partial charge >= 0.3 is 0 Å². The van der Waals surface area contributed by atoms with Gasteiger partial charge in [0, 0.05) is 17.7 Å². The van der Waals surface area contributed by atoms with Crippen molar-refractivity contribution in [3.05, 3.63) is 22.8 Å². The van der Waals surface area contributed by atoms with Crippen LogP contribution in [0.3, 0.4) is 0 Å². The van der Waals surface area contributed by atoms with E-state index in [1.54, 1.807) is 32.2 Å². The standard InChI is InChI=1S/C9H13BrN2O2S/c1-7(2)15(13,14)12(3)9-5-4-8(10)6-11-9/h4-7H,1-3H3. The number of hydrogen-bond acceptors (Lipinski definition) is 3. The Hall–Kier alpha value is -0.620. The Bertz CT molecular complexity index is 428. The molecule has 1 heterocycles. The topological polar surface area (TPSA) is 50.3 Å². The Morgan fingerprint density at radius 1 is 1.40 bits per heavy atom. The molecular formula is C9H13BrN2O2S. The smallest absolute Gasteiger partial charge is 0.238 e. The van der Waals surface area contributed by atoms with E-state index in [1.807, 2.05) is 0 Å². The van der Waals surface area contributed by atoms with E-state index in [0.29, 0.717) is 5.82 Å². The molecule has 0 atom stereocenters. The molecule has 0 radical (unpaired) electrons. The molecule has 1 aromatic heterocycles. The lowest BCUT2D eigenvalue weighted by Crippen LogP contribution is -2.33. The maximum absolute atomic E-state index is 11.8. The Labute approximate surface area is 98.5 Å². The average molecular weight is 293 g/mol. The molecule has 0 saturated heterocycles. The second kappa shape index (κ2) is 4.49. The van der Waals surface area contributed by atoms with E-state index in [2.05, 4.69) is 20.9 Å². The summed E-state index contributed by atoms with van der Waals surface area (Å²) in [5.41, 5.74) is 0. The summed E-state index contributed by atoms with van der Waals surface area (Å²) < 4.78 is 25.6. The minimum atomic E-state index is -3.29. The summed E-state index contributed by atoms with van der Waals surface area (Å²) in [5, 5.41) is -0.451. The Balaban J connectivity index is 3.05. The van der Waals surface area contributed by atoms with Gasteiger partial charge in [0.25, 0.3) is 0 Å². The molecule has 6 heteroatoms. The van der Waals surface area contributed by atoms with Crippen LogP contribution in [0.4, 0.5) is 5.82 Å². The molecule has 0 spiro atoms. The molecule has 0 aliphatic heterocycles. The van der Waals surface area contributed by atoms with E-state index in [-0.39, 0.29) is 0 Å². The minimum absolute atomic E-state index is 0.423. The fourth-order valence-corrected chi connectivity index (χ4v) is 2.24. The maximum Gasteiger partial charge on any atom is 0.238 e.